The summed E-state index contributed by atoms with van der Waals surface area (Å²) in [4.78, 5) is 4.48. The second-order valence-electron chi connectivity index (χ2n) is 5.26. The maximum absolute atomic E-state index is 5.81. The quantitative estimate of drug-likeness (QED) is 0.521. The molecule has 3 aliphatic carbocycles. The van der Waals surface area contributed by atoms with Crippen LogP contribution in [0.2, 0.25) is 0 Å². The van der Waals surface area contributed by atoms with E-state index in [0.717, 1.165) is 12.5 Å². The van der Waals surface area contributed by atoms with Crippen LogP contribution in [0.1, 0.15) is 38.5 Å². The zero-order valence-electron chi connectivity index (χ0n) is 8.63. The van der Waals surface area contributed by atoms with E-state index in [2.05, 4.69) is 10.3 Å². The van der Waals surface area contributed by atoms with Crippen LogP contribution in [0.15, 0.2) is 4.99 Å². The van der Waals surface area contributed by atoms with Crippen molar-refractivity contribution in [1.82, 2.24) is 5.32 Å². The van der Waals surface area contributed by atoms with Crippen LogP contribution in [0.3, 0.4) is 0 Å². The number of nitrogens with one attached hydrogen (secondary N) is 1. The van der Waals surface area contributed by atoms with E-state index in [-0.39, 0.29) is 0 Å². The van der Waals surface area contributed by atoms with E-state index in [4.69, 9.17) is 5.73 Å². The number of nitrogens with zero attached hydrogens (tertiary/aromatic N) is 1. The molecule has 0 spiro atoms. The lowest BCUT2D eigenvalue weighted by Gasteiger charge is -2.11. The summed E-state index contributed by atoms with van der Waals surface area (Å²) in [5.41, 5.74) is 6.40. The van der Waals surface area contributed by atoms with Crippen LogP contribution >= 0.6 is 0 Å². The van der Waals surface area contributed by atoms with Crippen LogP contribution in [0, 0.1) is 11.3 Å². The lowest BCUT2D eigenvalue weighted by Crippen LogP contribution is -2.34. The molecule has 3 N–H and O–H groups in total. The van der Waals surface area contributed by atoms with Gasteiger partial charge in [0.15, 0.2) is 5.96 Å². The fourth-order valence-corrected chi connectivity index (χ4v) is 2.28. The van der Waals surface area contributed by atoms with Crippen LogP contribution in [0.5, 0.6) is 0 Å². The highest BCUT2D eigenvalue weighted by atomic mass is 15.1. The third-order valence-electron chi connectivity index (χ3n) is 3.83. The van der Waals surface area contributed by atoms with Gasteiger partial charge in [-0.2, -0.15) is 0 Å². The zero-order valence-corrected chi connectivity index (χ0v) is 8.63. The number of hydrogen-bond acceptors (Lipinski definition) is 1. The first-order chi connectivity index (χ1) is 6.78. The molecule has 0 heterocycles. The maximum atomic E-state index is 5.81. The van der Waals surface area contributed by atoms with Gasteiger partial charge in [0.2, 0.25) is 0 Å². The van der Waals surface area contributed by atoms with Crippen molar-refractivity contribution in [3.8, 4) is 0 Å². The van der Waals surface area contributed by atoms with Gasteiger partial charge >= 0.3 is 0 Å². The minimum absolute atomic E-state index is 0.593. The number of aliphatic imine (C=N–C) groups is 1. The van der Waals surface area contributed by atoms with Crippen LogP contribution in [-0.2, 0) is 0 Å². The Morgan fingerprint density at radius 1 is 1.29 bits per heavy atom. The molecule has 3 rings (SSSR count). The van der Waals surface area contributed by atoms with Gasteiger partial charge < -0.3 is 11.1 Å². The smallest absolute Gasteiger partial charge is 0.188 e. The molecular weight excluding hydrogens is 174 g/mol. The standard InChI is InChI=1S/C11H19N3/c12-10(14-9-3-4-9)13-7-11(5-6-11)8-1-2-8/h8-9H,1-7H2,(H3,12,13,14). The lowest BCUT2D eigenvalue weighted by atomic mass is 10.0. The Morgan fingerprint density at radius 3 is 2.50 bits per heavy atom. The summed E-state index contributed by atoms with van der Waals surface area (Å²) >= 11 is 0. The Hall–Kier alpha value is -0.730. The normalized spacial score (nSPS) is 30.1. The molecule has 78 valence electrons. The molecule has 0 aromatic carbocycles. The predicted molar refractivity (Wildman–Crippen MR) is 57.0 cm³/mol. The molecule has 3 fully saturated rings. The van der Waals surface area contributed by atoms with Crippen molar-refractivity contribution >= 4 is 5.96 Å². The summed E-state index contributed by atoms with van der Waals surface area (Å²) < 4.78 is 0. The molecule has 0 aromatic heterocycles. The van der Waals surface area contributed by atoms with Crippen LogP contribution in [0.4, 0.5) is 0 Å². The lowest BCUT2D eigenvalue weighted by molar-refractivity contribution is 0.453. The summed E-state index contributed by atoms with van der Waals surface area (Å²) in [5, 5.41) is 3.24. The Labute approximate surface area is 85.2 Å². The monoisotopic (exact) mass is 193 g/mol. The van der Waals surface area contributed by atoms with Gasteiger partial charge in [-0.1, -0.05) is 0 Å². The fourth-order valence-electron chi connectivity index (χ4n) is 2.28. The highest BCUT2D eigenvalue weighted by molar-refractivity contribution is 5.78. The van der Waals surface area contributed by atoms with E-state index in [9.17, 15) is 0 Å². The molecule has 0 saturated heterocycles. The van der Waals surface area contributed by atoms with Crippen molar-refractivity contribution in [2.75, 3.05) is 6.54 Å². The van der Waals surface area contributed by atoms with Gasteiger partial charge in [0.25, 0.3) is 0 Å². The topological polar surface area (TPSA) is 50.4 Å². The summed E-state index contributed by atoms with van der Waals surface area (Å²) in [6.07, 6.45) is 8.18. The van der Waals surface area contributed by atoms with Crippen molar-refractivity contribution < 1.29 is 0 Å². The van der Waals surface area contributed by atoms with E-state index in [0.29, 0.717) is 17.4 Å². The zero-order chi connectivity index (χ0) is 9.60. The summed E-state index contributed by atoms with van der Waals surface area (Å²) in [7, 11) is 0. The molecule has 0 atom stereocenters. The molecule has 0 unspecified atom stereocenters. The summed E-state index contributed by atoms with van der Waals surface area (Å²) in [6.45, 7) is 0.975. The van der Waals surface area contributed by atoms with Crippen molar-refractivity contribution in [1.29, 1.82) is 0 Å². The Balaban J connectivity index is 1.51. The molecule has 3 nitrogen and oxygen atoms in total. The maximum Gasteiger partial charge on any atom is 0.188 e. The SMILES string of the molecule is NC(=NCC1(C2CC2)CC1)NC1CC1. The predicted octanol–water partition coefficient (Wildman–Crippen LogP) is 1.24. The Morgan fingerprint density at radius 2 is 2.00 bits per heavy atom. The van der Waals surface area contributed by atoms with Crippen LogP contribution in [-0.4, -0.2) is 18.5 Å². The molecule has 0 radical (unpaired) electrons. The summed E-state index contributed by atoms with van der Waals surface area (Å²) in [6, 6.07) is 0.634. The highest BCUT2D eigenvalue weighted by Crippen LogP contribution is 2.61. The first-order valence-electron chi connectivity index (χ1n) is 5.85. The first-order valence-corrected chi connectivity index (χ1v) is 5.85. The van der Waals surface area contributed by atoms with E-state index >= 15 is 0 Å². The van der Waals surface area contributed by atoms with E-state index in [1.165, 1.54) is 38.5 Å². The molecular formula is C11H19N3. The molecule has 14 heavy (non-hydrogen) atoms. The molecule has 0 aliphatic heterocycles. The third-order valence-corrected chi connectivity index (χ3v) is 3.83. The van der Waals surface area contributed by atoms with Gasteiger partial charge in [-0.25, -0.2) is 0 Å². The van der Waals surface area contributed by atoms with Crippen molar-refractivity contribution in [3.05, 3.63) is 0 Å². The second-order valence-corrected chi connectivity index (χ2v) is 5.26. The number of hydrogen-bond donors (Lipinski definition) is 2. The molecule has 3 heteroatoms. The van der Waals surface area contributed by atoms with E-state index in [1.807, 2.05) is 0 Å². The van der Waals surface area contributed by atoms with E-state index < -0.39 is 0 Å². The average Bonchev–Trinajstić information content (AvgIpc) is 2.93. The third kappa shape index (κ3) is 1.72. The highest BCUT2D eigenvalue weighted by Gasteiger charge is 2.53. The van der Waals surface area contributed by atoms with Crippen molar-refractivity contribution in [3.63, 3.8) is 0 Å². The van der Waals surface area contributed by atoms with E-state index in [1.54, 1.807) is 0 Å². The van der Waals surface area contributed by atoms with Crippen LogP contribution < -0.4 is 11.1 Å². The first kappa shape index (κ1) is 8.57. The average molecular weight is 193 g/mol. The second kappa shape index (κ2) is 2.88. The molecule has 0 amide bonds. The van der Waals surface area contributed by atoms with Gasteiger partial charge in [0, 0.05) is 12.6 Å². The number of guanidine groups is 1. The number of rotatable bonds is 4. The van der Waals surface area contributed by atoms with Crippen molar-refractivity contribution in [2.45, 2.75) is 44.6 Å². The van der Waals surface area contributed by atoms with Crippen LogP contribution in [0.25, 0.3) is 0 Å². The van der Waals surface area contributed by atoms with Gasteiger partial charge in [0.1, 0.15) is 0 Å². The molecule has 3 saturated carbocycles. The molecule has 0 aromatic rings. The van der Waals surface area contributed by atoms with Gasteiger partial charge in [-0.15, -0.1) is 0 Å². The van der Waals surface area contributed by atoms with Gasteiger partial charge in [-0.05, 0) is 49.9 Å². The number of nitrogens with two attached hydrogens (primary N) is 1. The minimum atomic E-state index is 0.593. The largest absolute Gasteiger partial charge is 0.370 e. The Bertz CT molecular complexity index is 260. The van der Waals surface area contributed by atoms with Gasteiger partial charge in [0.05, 0.1) is 0 Å². The fraction of sp³-hybridized carbons (Fsp3) is 0.909. The van der Waals surface area contributed by atoms with Gasteiger partial charge in [-0.3, -0.25) is 4.99 Å². The van der Waals surface area contributed by atoms with Crippen molar-refractivity contribution in [2.24, 2.45) is 22.1 Å². The minimum Gasteiger partial charge on any atom is -0.370 e. The molecule has 3 aliphatic rings. The Kier molecular flexibility index (Phi) is 1.76. The molecule has 0 bridgehead atoms. The summed E-state index contributed by atoms with van der Waals surface area (Å²) in [5.74, 6) is 1.67.